The number of rotatable bonds is 6. The van der Waals surface area contributed by atoms with Gasteiger partial charge in [0, 0.05) is 10.9 Å². The number of halogens is 3. The molecule has 1 aromatic rings. The van der Waals surface area contributed by atoms with Crippen molar-refractivity contribution in [2.24, 2.45) is 0 Å². The van der Waals surface area contributed by atoms with Gasteiger partial charge in [0.05, 0.1) is 5.41 Å². The maximum absolute atomic E-state index is 12.7. The van der Waals surface area contributed by atoms with E-state index in [0.717, 1.165) is 22.9 Å². The summed E-state index contributed by atoms with van der Waals surface area (Å²) < 4.78 is 25.9. The molecule has 0 spiro atoms. The Morgan fingerprint density at radius 3 is 2.48 bits per heavy atom. The monoisotopic (exact) mass is 389 g/mol. The van der Waals surface area contributed by atoms with Crippen molar-refractivity contribution in [3.63, 3.8) is 0 Å². The van der Waals surface area contributed by atoms with E-state index in [4.69, 9.17) is 5.11 Å². The fourth-order valence-corrected chi connectivity index (χ4v) is 3.51. The molecule has 1 amide bonds. The molecule has 23 heavy (non-hydrogen) atoms. The highest BCUT2D eigenvalue weighted by Gasteiger charge is 2.44. The summed E-state index contributed by atoms with van der Waals surface area (Å²) in [7, 11) is 0. The third kappa shape index (κ3) is 4.07. The van der Waals surface area contributed by atoms with Crippen molar-refractivity contribution in [2.75, 3.05) is 0 Å². The van der Waals surface area contributed by atoms with Gasteiger partial charge in [0.2, 0.25) is 12.3 Å². The first-order valence-corrected chi connectivity index (χ1v) is 8.22. The van der Waals surface area contributed by atoms with E-state index in [1.54, 1.807) is 6.07 Å². The van der Waals surface area contributed by atoms with Crippen LogP contribution in [0.4, 0.5) is 8.78 Å². The Labute approximate surface area is 141 Å². The smallest absolute Gasteiger partial charge is 0.326 e. The Bertz CT molecular complexity index is 588. The van der Waals surface area contributed by atoms with E-state index >= 15 is 0 Å². The molecule has 1 aliphatic carbocycles. The number of nitrogens with one attached hydrogen (secondary N) is 1. The Morgan fingerprint density at radius 2 is 1.96 bits per heavy atom. The summed E-state index contributed by atoms with van der Waals surface area (Å²) in [6, 6.07) is 5.71. The van der Waals surface area contributed by atoms with Crippen molar-refractivity contribution >= 4 is 27.8 Å². The van der Waals surface area contributed by atoms with Crippen LogP contribution < -0.4 is 5.32 Å². The van der Waals surface area contributed by atoms with Gasteiger partial charge in [-0.1, -0.05) is 40.9 Å². The van der Waals surface area contributed by atoms with Gasteiger partial charge >= 0.3 is 5.97 Å². The molecule has 0 radical (unpaired) electrons. The van der Waals surface area contributed by atoms with E-state index in [2.05, 4.69) is 21.2 Å². The van der Waals surface area contributed by atoms with Crippen LogP contribution in [0.3, 0.4) is 0 Å². The Balaban J connectivity index is 2.26. The van der Waals surface area contributed by atoms with Crippen LogP contribution in [-0.2, 0) is 15.0 Å². The molecule has 0 heterocycles. The summed E-state index contributed by atoms with van der Waals surface area (Å²) in [4.78, 5) is 23.9. The number of amides is 1. The summed E-state index contributed by atoms with van der Waals surface area (Å²) in [6.45, 7) is 0. The van der Waals surface area contributed by atoms with Gasteiger partial charge in [-0.3, -0.25) is 4.79 Å². The molecule has 1 atom stereocenters. The number of benzene rings is 1. The molecule has 1 aromatic carbocycles. The van der Waals surface area contributed by atoms with Crippen molar-refractivity contribution in [2.45, 2.75) is 50.0 Å². The zero-order chi connectivity index (χ0) is 17.0. The van der Waals surface area contributed by atoms with Crippen LogP contribution in [0.1, 0.15) is 37.7 Å². The van der Waals surface area contributed by atoms with Gasteiger partial charge in [0.1, 0.15) is 6.04 Å². The Kier molecular flexibility index (Phi) is 5.73. The second kappa shape index (κ2) is 7.38. The van der Waals surface area contributed by atoms with Crippen molar-refractivity contribution in [1.82, 2.24) is 5.32 Å². The van der Waals surface area contributed by atoms with E-state index in [1.807, 2.05) is 18.2 Å². The van der Waals surface area contributed by atoms with Crippen LogP contribution in [0.2, 0.25) is 0 Å². The van der Waals surface area contributed by atoms with E-state index in [9.17, 15) is 18.4 Å². The number of carboxylic acids is 1. The van der Waals surface area contributed by atoms with Gasteiger partial charge < -0.3 is 10.4 Å². The number of hydrogen-bond donors (Lipinski definition) is 2. The van der Waals surface area contributed by atoms with Crippen molar-refractivity contribution < 1.29 is 23.5 Å². The number of aliphatic carboxylic acids is 1. The van der Waals surface area contributed by atoms with Crippen molar-refractivity contribution in [3.8, 4) is 0 Å². The van der Waals surface area contributed by atoms with Gasteiger partial charge in [-0.05, 0) is 30.5 Å². The highest BCUT2D eigenvalue weighted by Crippen LogP contribution is 2.42. The van der Waals surface area contributed by atoms with Crippen LogP contribution >= 0.6 is 15.9 Å². The van der Waals surface area contributed by atoms with Gasteiger partial charge in [-0.15, -0.1) is 0 Å². The quantitative estimate of drug-likeness (QED) is 0.782. The van der Waals surface area contributed by atoms with Crippen LogP contribution in [0.5, 0.6) is 0 Å². The molecule has 0 saturated heterocycles. The number of carbonyl (C=O) groups is 2. The summed E-state index contributed by atoms with van der Waals surface area (Å²) in [5, 5.41) is 11.4. The number of alkyl halides is 2. The minimum Gasteiger partial charge on any atom is -0.480 e. The van der Waals surface area contributed by atoms with Crippen LogP contribution in [0, 0.1) is 0 Å². The second-order valence-corrected chi connectivity index (χ2v) is 6.71. The van der Waals surface area contributed by atoms with Gasteiger partial charge in [-0.2, -0.15) is 0 Å². The van der Waals surface area contributed by atoms with Crippen molar-refractivity contribution in [1.29, 1.82) is 0 Å². The minimum atomic E-state index is -2.79. The Morgan fingerprint density at radius 1 is 1.30 bits per heavy atom. The molecule has 1 saturated carbocycles. The average molecular weight is 390 g/mol. The topological polar surface area (TPSA) is 66.4 Å². The molecule has 0 bridgehead atoms. The first-order valence-electron chi connectivity index (χ1n) is 7.43. The van der Waals surface area contributed by atoms with Gasteiger partial charge in [0.25, 0.3) is 0 Å². The highest BCUT2D eigenvalue weighted by molar-refractivity contribution is 9.10. The van der Waals surface area contributed by atoms with Gasteiger partial charge in [0.15, 0.2) is 0 Å². The maximum Gasteiger partial charge on any atom is 0.326 e. The largest absolute Gasteiger partial charge is 0.480 e. The lowest BCUT2D eigenvalue weighted by atomic mass is 9.77. The molecule has 126 valence electrons. The normalized spacial score (nSPS) is 17.9. The summed E-state index contributed by atoms with van der Waals surface area (Å²) in [5.74, 6) is -1.93. The zero-order valence-corrected chi connectivity index (χ0v) is 14.0. The standard InChI is InChI=1S/C16H18BrF2NO3/c17-11-5-3-4-10(8-11)16(6-1-2-7-16)15(23)20-12(14(21)22)9-13(18)19/h3-5,8,12-13H,1-2,6-7,9H2,(H,20,23)(H,21,22). The molecule has 2 N–H and O–H groups in total. The summed E-state index contributed by atoms with van der Waals surface area (Å²) >= 11 is 3.36. The fourth-order valence-electron chi connectivity index (χ4n) is 3.11. The molecule has 1 unspecified atom stereocenters. The maximum atomic E-state index is 12.7. The fraction of sp³-hybridized carbons (Fsp3) is 0.500. The van der Waals surface area contributed by atoms with Gasteiger partial charge in [-0.25, -0.2) is 13.6 Å². The van der Waals surface area contributed by atoms with Crippen LogP contribution in [0.15, 0.2) is 28.7 Å². The third-order valence-electron chi connectivity index (χ3n) is 4.29. The third-order valence-corrected chi connectivity index (χ3v) is 4.78. The summed E-state index contributed by atoms with van der Waals surface area (Å²) in [5.41, 5.74) is -0.0670. The number of carboxylic acid groups (broad SMARTS) is 1. The molecule has 4 nitrogen and oxygen atoms in total. The lowest BCUT2D eigenvalue weighted by molar-refractivity contribution is -0.144. The molecule has 7 heteroatoms. The van der Waals surface area contributed by atoms with E-state index < -0.39 is 36.2 Å². The summed E-state index contributed by atoms with van der Waals surface area (Å²) in [6.07, 6.45) is -0.844. The number of hydrogen-bond acceptors (Lipinski definition) is 2. The Hall–Kier alpha value is -1.50. The molecule has 0 aromatic heterocycles. The van der Waals surface area contributed by atoms with E-state index in [-0.39, 0.29) is 0 Å². The molecule has 0 aliphatic heterocycles. The zero-order valence-electron chi connectivity index (χ0n) is 12.4. The first kappa shape index (κ1) is 17.8. The highest BCUT2D eigenvalue weighted by atomic mass is 79.9. The predicted octanol–water partition coefficient (Wildman–Crippen LogP) is 3.49. The molecular formula is C16H18BrF2NO3. The van der Waals surface area contributed by atoms with Crippen LogP contribution in [0.25, 0.3) is 0 Å². The lowest BCUT2D eigenvalue weighted by Gasteiger charge is -2.30. The first-order chi connectivity index (χ1) is 10.8. The molecule has 2 rings (SSSR count). The second-order valence-electron chi connectivity index (χ2n) is 5.79. The van der Waals surface area contributed by atoms with E-state index in [0.29, 0.717) is 12.8 Å². The molecule has 1 fully saturated rings. The van der Waals surface area contributed by atoms with Crippen LogP contribution in [-0.4, -0.2) is 29.5 Å². The molecular weight excluding hydrogens is 372 g/mol. The predicted molar refractivity (Wildman–Crippen MR) is 84.5 cm³/mol. The van der Waals surface area contributed by atoms with Crippen molar-refractivity contribution in [3.05, 3.63) is 34.3 Å². The van der Waals surface area contributed by atoms with E-state index in [1.165, 1.54) is 0 Å². The SMILES string of the molecule is O=C(O)C(CC(F)F)NC(=O)C1(c2cccc(Br)c2)CCCC1. The number of carbonyl (C=O) groups excluding carboxylic acids is 1. The lowest BCUT2D eigenvalue weighted by Crippen LogP contribution is -2.50. The average Bonchev–Trinajstić information content (AvgIpc) is 2.96. The minimum absolute atomic E-state index is 0.485. The molecule has 1 aliphatic rings.